The van der Waals surface area contributed by atoms with Crippen molar-refractivity contribution in [3.8, 4) is 12.1 Å². The number of nitrogen functional groups attached to an aromatic ring is 1. The van der Waals surface area contributed by atoms with Crippen molar-refractivity contribution in [1.82, 2.24) is 15.0 Å². The molecule has 0 radical (unpaired) electrons. The SMILES string of the molecule is N#CCOc1nc(NN)nc(N2CCOCC2)n1. The van der Waals surface area contributed by atoms with Gasteiger partial charge in [-0.25, -0.2) is 5.84 Å². The molecule has 1 fully saturated rings. The molecule has 0 unspecified atom stereocenters. The normalized spacial score (nSPS) is 15.0. The van der Waals surface area contributed by atoms with Crippen LogP contribution in [0.2, 0.25) is 0 Å². The maximum Gasteiger partial charge on any atom is 0.324 e. The Labute approximate surface area is 104 Å². The number of morpholine rings is 1. The smallest absolute Gasteiger partial charge is 0.324 e. The van der Waals surface area contributed by atoms with Gasteiger partial charge in [-0.3, -0.25) is 5.43 Å². The second-order valence-electron chi connectivity index (χ2n) is 3.43. The van der Waals surface area contributed by atoms with Crippen molar-refractivity contribution >= 4 is 11.9 Å². The fourth-order valence-electron chi connectivity index (χ4n) is 1.48. The topological polar surface area (TPSA) is 122 Å². The van der Waals surface area contributed by atoms with E-state index in [4.69, 9.17) is 20.6 Å². The van der Waals surface area contributed by atoms with E-state index >= 15 is 0 Å². The minimum atomic E-state index is -0.128. The van der Waals surface area contributed by atoms with E-state index in [0.29, 0.717) is 32.3 Å². The second-order valence-corrected chi connectivity index (χ2v) is 3.43. The van der Waals surface area contributed by atoms with Gasteiger partial charge >= 0.3 is 6.01 Å². The summed E-state index contributed by atoms with van der Waals surface area (Å²) >= 11 is 0. The molecule has 1 aliphatic rings. The quantitative estimate of drug-likeness (QED) is 0.506. The zero-order chi connectivity index (χ0) is 12.8. The summed E-state index contributed by atoms with van der Waals surface area (Å²) in [6.07, 6.45) is 0. The van der Waals surface area contributed by atoms with Crippen LogP contribution >= 0.6 is 0 Å². The van der Waals surface area contributed by atoms with Crippen LogP contribution in [0.15, 0.2) is 0 Å². The third-order valence-electron chi connectivity index (χ3n) is 2.29. The van der Waals surface area contributed by atoms with Crippen molar-refractivity contribution in [2.45, 2.75) is 0 Å². The Hall–Kier alpha value is -2.18. The molecule has 9 heteroatoms. The first-order valence-corrected chi connectivity index (χ1v) is 5.38. The monoisotopic (exact) mass is 251 g/mol. The van der Waals surface area contributed by atoms with Gasteiger partial charge < -0.3 is 14.4 Å². The number of rotatable bonds is 4. The molecule has 96 valence electrons. The van der Waals surface area contributed by atoms with E-state index < -0.39 is 0 Å². The Morgan fingerprint density at radius 2 is 2.17 bits per heavy atom. The fraction of sp³-hybridized carbons (Fsp3) is 0.556. The summed E-state index contributed by atoms with van der Waals surface area (Å²) in [4.78, 5) is 14.1. The van der Waals surface area contributed by atoms with Crippen LogP contribution in [0.1, 0.15) is 0 Å². The highest BCUT2D eigenvalue weighted by Gasteiger charge is 2.16. The number of nitrogens with zero attached hydrogens (tertiary/aromatic N) is 5. The van der Waals surface area contributed by atoms with E-state index in [1.807, 2.05) is 11.0 Å². The number of hydrogen-bond donors (Lipinski definition) is 2. The van der Waals surface area contributed by atoms with E-state index in [1.165, 1.54) is 0 Å². The summed E-state index contributed by atoms with van der Waals surface area (Å²) < 4.78 is 10.3. The van der Waals surface area contributed by atoms with Gasteiger partial charge in [-0.1, -0.05) is 0 Å². The number of anilines is 2. The predicted octanol–water partition coefficient (Wildman–Crippen LogP) is -1.10. The highest BCUT2D eigenvalue weighted by Crippen LogP contribution is 2.15. The Kier molecular flexibility index (Phi) is 4.06. The third kappa shape index (κ3) is 2.93. The number of nitriles is 1. The summed E-state index contributed by atoms with van der Waals surface area (Å²) in [6, 6.07) is 1.92. The van der Waals surface area contributed by atoms with Crippen LogP contribution in [0.4, 0.5) is 11.9 Å². The van der Waals surface area contributed by atoms with Crippen LogP contribution in [0.25, 0.3) is 0 Å². The van der Waals surface area contributed by atoms with Crippen molar-refractivity contribution in [1.29, 1.82) is 5.26 Å². The van der Waals surface area contributed by atoms with Gasteiger partial charge in [0.25, 0.3) is 0 Å². The summed E-state index contributed by atoms with van der Waals surface area (Å²) in [5.74, 6) is 5.93. The Balaban J connectivity index is 2.19. The summed E-state index contributed by atoms with van der Waals surface area (Å²) in [5, 5.41) is 8.46. The predicted molar refractivity (Wildman–Crippen MR) is 61.8 cm³/mol. The second kappa shape index (κ2) is 5.95. The van der Waals surface area contributed by atoms with E-state index in [1.54, 1.807) is 0 Å². The summed E-state index contributed by atoms with van der Waals surface area (Å²) in [6.45, 7) is 2.48. The lowest BCUT2D eigenvalue weighted by Gasteiger charge is -2.26. The molecule has 0 atom stereocenters. The van der Waals surface area contributed by atoms with Crippen LogP contribution in [0, 0.1) is 11.3 Å². The molecule has 0 spiro atoms. The first-order chi connectivity index (χ1) is 8.83. The van der Waals surface area contributed by atoms with E-state index in [-0.39, 0.29) is 18.6 Å². The van der Waals surface area contributed by atoms with Crippen LogP contribution < -0.4 is 20.9 Å². The molecule has 1 aromatic heterocycles. The molecular formula is C9H13N7O2. The van der Waals surface area contributed by atoms with Crippen LogP contribution in [0.5, 0.6) is 6.01 Å². The summed E-state index contributed by atoms with van der Waals surface area (Å²) in [7, 11) is 0. The van der Waals surface area contributed by atoms with Gasteiger partial charge in [0, 0.05) is 13.1 Å². The maximum absolute atomic E-state index is 8.46. The third-order valence-corrected chi connectivity index (χ3v) is 2.29. The van der Waals surface area contributed by atoms with Crippen LogP contribution in [-0.2, 0) is 4.74 Å². The molecule has 0 aliphatic carbocycles. The van der Waals surface area contributed by atoms with Gasteiger partial charge in [0.2, 0.25) is 11.9 Å². The van der Waals surface area contributed by atoms with E-state index in [0.717, 1.165) is 0 Å². The minimum Gasteiger partial charge on any atom is -0.448 e. The number of hydrogen-bond acceptors (Lipinski definition) is 9. The fourth-order valence-corrected chi connectivity index (χ4v) is 1.48. The lowest BCUT2D eigenvalue weighted by atomic mass is 10.4. The highest BCUT2D eigenvalue weighted by molar-refractivity contribution is 5.38. The molecule has 18 heavy (non-hydrogen) atoms. The molecule has 0 saturated carbocycles. The van der Waals surface area contributed by atoms with Crippen molar-refractivity contribution in [2.24, 2.45) is 5.84 Å². The van der Waals surface area contributed by atoms with Gasteiger partial charge in [-0.05, 0) is 0 Å². The Morgan fingerprint density at radius 1 is 1.39 bits per heavy atom. The maximum atomic E-state index is 8.46. The number of hydrazine groups is 1. The van der Waals surface area contributed by atoms with E-state index in [9.17, 15) is 0 Å². The molecule has 2 rings (SSSR count). The summed E-state index contributed by atoms with van der Waals surface area (Å²) in [5.41, 5.74) is 2.34. The number of nitrogens with two attached hydrogens (primary N) is 1. The molecule has 3 N–H and O–H groups in total. The average Bonchev–Trinajstić information content (AvgIpc) is 2.45. The number of aromatic nitrogens is 3. The largest absolute Gasteiger partial charge is 0.448 e. The van der Waals surface area contributed by atoms with Crippen LogP contribution in [0.3, 0.4) is 0 Å². The Morgan fingerprint density at radius 3 is 2.83 bits per heavy atom. The first kappa shape index (κ1) is 12.3. The van der Waals surface area contributed by atoms with Gasteiger partial charge in [0.15, 0.2) is 6.61 Å². The lowest BCUT2D eigenvalue weighted by Crippen LogP contribution is -2.37. The molecule has 9 nitrogen and oxygen atoms in total. The molecule has 0 aromatic carbocycles. The van der Waals surface area contributed by atoms with Gasteiger partial charge in [-0.15, -0.1) is 0 Å². The van der Waals surface area contributed by atoms with Crippen molar-refractivity contribution in [3.05, 3.63) is 0 Å². The van der Waals surface area contributed by atoms with E-state index in [2.05, 4.69) is 20.4 Å². The number of nitrogens with one attached hydrogen (secondary N) is 1. The number of ether oxygens (including phenoxy) is 2. The van der Waals surface area contributed by atoms with Crippen molar-refractivity contribution < 1.29 is 9.47 Å². The minimum absolute atomic E-state index is 0.0704. The average molecular weight is 251 g/mol. The Bertz CT molecular complexity index is 441. The molecule has 1 aromatic rings. The molecule has 2 heterocycles. The van der Waals surface area contributed by atoms with Gasteiger partial charge in [-0.2, -0.15) is 20.2 Å². The molecule has 0 bridgehead atoms. The van der Waals surface area contributed by atoms with Crippen molar-refractivity contribution in [3.63, 3.8) is 0 Å². The van der Waals surface area contributed by atoms with Crippen molar-refractivity contribution in [2.75, 3.05) is 43.2 Å². The molecule has 1 aliphatic heterocycles. The molecule has 0 amide bonds. The highest BCUT2D eigenvalue weighted by atomic mass is 16.5. The first-order valence-electron chi connectivity index (χ1n) is 5.38. The van der Waals surface area contributed by atoms with Crippen LogP contribution in [-0.4, -0.2) is 47.9 Å². The molecule has 1 saturated heterocycles. The standard InChI is InChI=1S/C9H13N7O2/c10-1-4-18-9-13-7(15-11)12-8(14-9)16-2-5-17-6-3-16/h2-6,11H2,(H,12,13,14,15). The molecular weight excluding hydrogens is 238 g/mol. The van der Waals surface area contributed by atoms with Gasteiger partial charge in [0.05, 0.1) is 13.2 Å². The van der Waals surface area contributed by atoms with Gasteiger partial charge in [0.1, 0.15) is 6.07 Å². The lowest BCUT2D eigenvalue weighted by molar-refractivity contribution is 0.122. The zero-order valence-electron chi connectivity index (χ0n) is 9.67. The zero-order valence-corrected chi connectivity index (χ0v) is 9.67.